The molecule has 0 amide bonds. The van der Waals surface area contributed by atoms with E-state index in [1.165, 1.54) is 12.1 Å². The highest BCUT2D eigenvalue weighted by Gasteiger charge is 2.14. The lowest BCUT2D eigenvalue weighted by Crippen LogP contribution is -2.00. The van der Waals surface area contributed by atoms with Crippen LogP contribution in [0.5, 0.6) is 5.75 Å². The van der Waals surface area contributed by atoms with Gasteiger partial charge in [-0.25, -0.2) is 14.4 Å². The van der Waals surface area contributed by atoms with Gasteiger partial charge in [-0.3, -0.25) is 0 Å². The van der Waals surface area contributed by atoms with Crippen LogP contribution >= 0.6 is 0 Å². The second-order valence-corrected chi connectivity index (χ2v) is 5.70. The first-order valence-electron chi connectivity index (χ1n) is 7.89. The SMILES string of the molecule is Cc1ccc(F)cc1COc1ccccc1-c1nc2cccnc2o1. The number of rotatable bonds is 4. The van der Waals surface area contributed by atoms with Gasteiger partial charge in [-0.1, -0.05) is 18.2 Å². The fraction of sp³-hybridized carbons (Fsp3) is 0.100. The predicted octanol–water partition coefficient (Wildman–Crippen LogP) is 4.92. The lowest BCUT2D eigenvalue weighted by molar-refractivity contribution is 0.305. The topological polar surface area (TPSA) is 48.2 Å². The number of nitrogens with zero attached hydrogens (tertiary/aromatic N) is 2. The van der Waals surface area contributed by atoms with Gasteiger partial charge in [0.2, 0.25) is 11.6 Å². The summed E-state index contributed by atoms with van der Waals surface area (Å²) in [5.41, 5.74) is 3.68. The summed E-state index contributed by atoms with van der Waals surface area (Å²) in [5, 5.41) is 0. The van der Waals surface area contributed by atoms with E-state index in [1.54, 1.807) is 12.3 Å². The first-order chi connectivity index (χ1) is 12.2. The third kappa shape index (κ3) is 3.08. The van der Waals surface area contributed by atoms with Crippen LogP contribution in [0.15, 0.2) is 65.2 Å². The number of para-hydroxylation sites is 1. The van der Waals surface area contributed by atoms with Crippen LogP contribution in [0, 0.1) is 12.7 Å². The number of ether oxygens (including phenoxy) is 1. The van der Waals surface area contributed by atoms with Gasteiger partial charge >= 0.3 is 0 Å². The number of hydrogen-bond acceptors (Lipinski definition) is 4. The molecule has 4 nitrogen and oxygen atoms in total. The number of fused-ring (bicyclic) bond motifs is 1. The molecule has 0 aliphatic carbocycles. The molecule has 0 saturated carbocycles. The third-order valence-corrected chi connectivity index (χ3v) is 3.98. The van der Waals surface area contributed by atoms with Crippen molar-refractivity contribution < 1.29 is 13.5 Å². The molecule has 5 heteroatoms. The molecular formula is C20H15FN2O2. The maximum Gasteiger partial charge on any atom is 0.247 e. The Morgan fingerprint density at radius 1 is 1.08 bits per heavy atom. The summed E-state index contributed by atoms with van der Waals surface area (Å²) < 4.78 is 25.1. The molecule has 2 aromatic carbocycles. The van der Waals surface area contributed by atoms with Crippen molar-refractivity contribution in [1.29, 1.82) is 0 Å². The molecular weight excluding hydrogens is 319 g/mol. The van der Waals surface area contributed by atoms with Crippen LogP contribution in [0.25, 0.3) is 22.7 Å². The van der Waals surface area contributed by atoms with Gasteiger partial charge in [-0.15, -0.1) is 0 Å². The summed E-state index contributed by atoms with van der Waals surface area (Å²) in [6.45, 7) is 2.19. The molecule has 2 heterocycles. The molecule has 0 spiro atoms. The predicted molar refractivity (Wildman–Crippen MR) is 92.7 cm³/mol. The standard InChI is InChI=1S/C20H15FN2O2/c1-13-8-9-15(21)11-14(13)12-24-18-7-3-2-5-16(18)19-23-17-6-4-10-22-20(17)25-19/h2-11H,12H2,1H3. The van der Waals surface area contributed by atoms with Crippen molar-refractivity contribution in [1.82, 2.24) is 9.97 Å². The maximum atomic E-state index is 13.4. The number of aryl methyl sites for hydroxylation is 1. The fourth-order valence-corrected chi connectivity index (χ4v) is 2.61. The van der Waals surface area contributed by atoms with Crippen LogP contribution in [-0.2, 0) is 6.61 Å². The lowest BCUT2D eigenvalue weighted by Gasteiger charge is -2.11. The second kappa shape index (κ2) is 6.36. The summed E-state index contributed by atoms with van der Waals surface area (Å²) in [4.78, 5) is 8.62. The summed E-state index contributed by atoms with van der Waals surface area (Å²) in [6, 6.07) is 15.8. The Labute approximate surface area is 143 Å². The van der Waals surface area contributed by atoms with Crippen molar-refractivity contribution in [3.63, 3.8) is 0 Å². The molecule has 0 aliphatic rings. The van der Waals surface area contributed by atoms with Crippen molar-refractivity contribution in [2.24, 2.45) is 0 Å². The Kier molecular flexibility index (Phi) is 3.90. The van der Waals surface area contributed by atoms with Crippen molar-refractivity contribution in [2.75, 3.05) is 0 Å². The minimum atomic E-state index is -0.275. The maximum absolute atomic E-state index is 13.4. The molecule has 0 N–H and O–H groups in total. The van der Waals surface area contributed by atoms with Gasteiger partial charge in [0.25, 0.3) is 0 Å². The number of oxazole rings is 1. The Morgan fingerprint density at radius 3 is 2.84 bits per heavy atom. The van der Waals surface area contributed by atoms with E-state index in [0.717, 1.165) is 16.7 Å². The van der Waals surface area contributed by atoms with E-state index in [-0.39, 0.29) is 12.4 Å². The summed E-state index contributed by atoms with van der Waals surface area (Å²) in [7, 11) is 0. The Balaban J connectivity index is 1.66. The Bertz CT molecular complexity index is 1010. The van der Waals surface area contributed by atoms with Gasteiger partial charge in [0.15, 0.2) is 0 Å². The highest BCUT2D eigenvalue weighted by atomic mass is 19.1. The molecule has 0 fully saturated rings. The van der Waals surface area contributed by atoms with Gasteiger partial charge in [-0.2, -0.15) is 0 Å². The molecule has 0 bridgehead atoms. The van der Waals surface area contributed by atoms with Crippen LogP contribution in [0.4, 0.5) is 4.39 Å². The first-order valence-corrected chi connectivity index (χ1v) is 7.89. The molecule has 25 heavy (non-hydrogen) atoms. The molecule has 4 rings (SSSR count). The zero-order valence-corrected chi connectivity index (χ0v) is 13.6. The first kappa shape index (κ1) is 15.3. The van der Waals surface area contributed by atoms with Gasteiger partial charge < -0.3 is 9.15 Å². The number of aromatic nitrogens is 2. The fourth-order valence-electron chi connectivity index (χ4n) is 2.61. The number of halogens is 1. The highest BCUT2D eigenvalue weighted by Crippen LogP contribution is 2.31. The van der Waals surface area contributed by atoms with Crippen molar-refractivity contribution in [2.45, 2.75) is 13.5 Å². The largest absolute Gasteiger partial charge is 0.488 e. The minimum Gasteiger partial charge on any atom is -0.488 e. The Hall–Kier alpha value is -3.21. The zero-order valence-electron chi connectivity index (χ0n) is 13.6. The zero-order chi connectivity index (χ0) is 17.2. The van der Waals surface area contributed by atoms with Crippen LogP contribution < -0.4 is 4.74 Å². The van der Waals surface area contributed by atoms with E-state index < -0.39 is 0 Å². The summed E-state index contributed by atoms with van der Waals surface area (Å²) in [5.74, 6) is 0.792. The number of hydrogen-bond donors (Lipinski definition) is 0. The van der Waals surface area contributed by atoms with E-state index in [1.807, 2.05) is 43.3 Å². The average Bonchev–Trinajstić information content (AvgIpc) is 3.07. The van der Waals surface area contributed by atoms with Gasteiger partial charge in [0.05, 0.1) is 5.56 Å². The smallest absolute Gasteiger partial charge is 0.247 e. The molecule has 0 atom stereocenters. The Morgan fingerprint density at radius 2 is 1.96 bits per heavy atom. The van der Waals surface area contributed by atoms with E-state index in [4.69, 9.17) is 9.15 Å². The minimum absolute atomic E-state index is 0.263. The van der Waals surface area contributed by atoms with Crippen LogP contribution in [-0.4, -0.2) is 9.97 Å². The van der Waals surface area contributed by atoms with E-state index >= 15 is 0 Å². The monoisotopic (exact) mass is 334 g/mol. The molecule has 0 radical (unpaired) electrons. The van der Waals surface area contributed by atoms with Crippen LogP contribution in [0.2, 0.25) is 0 Å². The van der Waals surface area contributed by atoms with Crippen molar-refractivity contribution >= 4 is 11.2 Å². The normalized spacial score (nSPS) is 11.0. The third-order valence-electron chi connectivity index (χ3n) is 3.98. The molecule has 124 valence electrons. The summed E-state index contributed by atoms with van der Waals surface area (Å²) in [6.07, 6.45) is 1.66. The number of benzene rings is 2. The van der Waals surface area contributed by atoms with E-state index in [2.05, 4.69) is 9.97 Å². The van der Waals surface area contributed by atoms with Gasteiger partial charge in [0.1, 0.15) is 23.7 Å². The van der Waals surface area contributed by atoms with Crippen molar-refractivity contribution in [3.05, 3.63) is 77.7 Å². The molecule has 0 aliphatic heterocycles. The molecule has 0 unspecified atom stereocenters. The molecule has 4 aromatic rings. The summed E-state index contributed by atoms with van der Waals surface area (Å²) >= 11 is 0. The van der Waals surface area contributed by atoms with Crippen LogP contribution in [0.1, 0.15) is 11.1 Å². The van der Waals surface area contributed by atoms with Gasteiger partial charge in [-0.05, 0) is 54.4 Å². The van der Waals surface area contributed by atoms with Crippen molar-refractivity contribution in [3.8, 4) is 17.2 Å². The highest BCUT2D eigenvalue weighted by molar-refractivity contribution is 5.74. The lowest BCUT2D eigenvalue weighted by atomic mass is 10.1. The van der Waals surface area contributed by atoms with E-state index in [0.29, 0.717) is 22.9 Å². The molecule has 0 saturated heterocycles. The molecule has 2 aromatic heterocycles. The second-order valence-electron chi connectivity index (χ2n) is 5.70. The van der Waals surface area contributed by atoms with Crippen LogP contribution in [0.3, 0.4) is 0 Å². The average molecular weight is 334 g/mol. The van der Waals surface area contributed by atoms with E-state index in [9.17, 15) is 4.39 Å². The van der Waals surface area contributed by atoms with Gasteiger partial charge in [0, 0.05) is 6.20 Å². The number of pyridine rings is 1. The quantitative estimate of drug-likeness (QED) is 0.532.